The lowest BCUT2D eigenvalue weighted by molar-refractivity contribution is -0.0848. The molecule has 2 rings (SSSR count). The average Bonchev–Trinajstić information content (AvgIpc) is 2.11. The lowest BCUT2D eigenvalue weighted by atomic mass is 9.61. The average molecular weight is 237 g/mol. The molecule has 2 fully saturated rings. The highest BCUT2D eigenvalue weighted by molar-refractivity contribution is 5.02. The summed E-state index contributed by atoms with van der Waals surface area (Å²) in [6.07, 6.45) is 7.31. The fraction of sp³-hybridized carbons (Fsp3) is 1.00. The zero-order chi connectivity index (χ0) is 12.9. The second-order valence-corrected chi connectivity index (χ2v) is 8.57. The first-order valence-electron chi connectivity index (χ1n) is 7.41. The van der Waals surface area contributed by atoms with Gasteiger partial charge in [-0.05, 0) is 57.3 Å². The molecule has 0 aromatic rings. The zero-order valence-electron chi connectivity index (χ0n) is 12.8. The van der Waals surface area contributed by atoms with Gasteiger partial charge in [0.2, 0.25) is 0 Å². The first kappa shape index (κ1) is 13.4. The number of nitrogens with zero attached hydrogens (tertiary/aromatic N) is 1. The first-order chi connectivity index (χ1) is 7.64. The van der Waals surface area contributed by atoms with Gasteiger partial charge in [-0.2, -0.15) is 0 Å². The minimum absolute atomic E-state index is 0.320. The maximum absolute atomic E-state index is 2.82. The summed E-state index contributed by atoms with van der Waals surface area (Å²) in [4.78, 5) is 2.82. The van der Waals surface area contributed by atoms with E-state index < -0.39 is 0 Å². The highest BCUT2D eigenvalue weighted by Crippen LogP contribution is 2.52. The van der Waals surface area contributed by atoms with E-state index in [-0.39, 0.29) is 0 Å². The molecule has 0 aromatic heterocycles. The molecule has 0 N–H and O–H groups in total. The van der Waals surface area contributed by atoms with Crippen molar-refractivity contribution in [2.45, 2.75) is 85.2 Å². The Hall–Kier alpha value is -0.0400. The molecule has 17 heavy (non-hydrogen) atoms. The van der Waals surface area contributed by atoms with Crippen molar-refractivity contribution in [1.29, 1.82) is 0 Å². The number of likely N-dealkylation sites (tertiary alicyclic amines) is 1. The van der Waals surface area contributed by atoms with E-state index in [1.54, 1.807) is 0 Å². The van der Waals surface area contributed by atoms with Crippen molar-refractivity contribution < 1.29 is 0 Å². The van der Waals surface area contributed by atoms with E-state index in [0.29, 0.717) is 16.4 Å². The van der Waals surface area contributed by atoms with Gasteiger partial charge in [-0.1, -0.05) is 27.2 Å². The van der Waals surface area contributed by atoms with Crippen LogP contribution in [0.25, 0.3) is 0 Å². The maximum Gasteiger partial charge on any atom is 0.0149 e. The molecule has 0 aromatic carbocycles. The van der Waals surface area contributed by atoms with E-state index in [4.69, 9.17) is 0 Å². The third-order valence-corrected chi connectivity index (χ3v) is 5.11. The molecule has 1 spiro atoms. The molecule has 0 radical (unpaired) electrons. The van der Waals surface area contributed by atoms with Crippen molar-refractivity contribution in [3.8, 4) is 0 Å². The minimum Gasteiger partial charge on any atom is -0.294 e. The zero-order valence-corrected chi connectivity index (χ0v) is 12.8. The number of rotatable bonds is 0. The SMILES string of the molecule is CC(C)(C)C1CCC2(CCC2)CN1C(C)(C)C. The van der Waals surface area contributed by atoms with Crippen LogP contribution in [-0.4, -0.2) is 23.0 Å². The molecule has 100 valence electrons. The third kappa shape index (κ3) is 2.54. The summed E-state index contributed by atoms with van der Waals surface area (Å²) in [5.41, 5.74) is 1.44. The quantitative estimate of drug-likeness (QED) is 0.601. The van der Waals surface area contributed by atoms with Crippen molar-refractivity contribution in [3.63, 3.8) is 0 Å². The monoisotopic (exact) mass is 237 g/mol. The Labute approximate surface area is 108 Å². The molecule has 0 bridgehead atoms. The summed E-state index contributed by atoms with van der Waals surface area (Å²) >= 11 is 0. The van der Waals surface area contributed by atoms with Gasteiger partial charge in [-0.25, -0.2) is 0 Å². The molecular weight excluding hydrogens is 206 g/mol. The van der Waals surface area contributed by atoms with E-state index in [1.807, 2.05) is 0 Å². The predicted octanol–water partition coefficient (Wildman–Crippen LogP) is 4.47. The Morgan fingerprint density at radius 2 is 1.53 bits per heavy atom. The fourth-order valence-corrected chi connectivity index (χ4v) is 3.84. The second kappa shape index (κ2) is 3.98. The Balaban J connectivity index is 2.18. The van der Waals surface area contributed by atoms with Gasteiger partial charge in [0.05, 0.1) is 0 Å². The molecule has 0 amide bonds. The van der Waals surface area contributed by atoms with Crippen LogP contribution in [0.5, 0.6) is 0 Å². The Morgan fingerprint density at radius 3 is 1.88 bits per heavy atom. The largest absolute Gasteiger partial charge is 0.294 e. The second-order valence-electron chi connectivity index (χ2n) is 8.57. The molecule has 1 saturated heterocycles. The molecule has 1 heteroatoms. The van der Waals surface area contributed by atoms with Crippen LogP contribution in [0, 0.1) is 10.8 Å². The Morgan fingerprint density at radius 1 is 0.941 bits per heavy atom. The van der Waals surface area contributed by atoms with Gasteiger partial charge in [-0.15, -0.1) is 0 Å². The van der Waals surface area contributed by atoms with E-state index in [9.17, 15) is 0 Å². The van der Waals surface area contributed by atoms with Gasteiger partial charge in [0.25, 0.3) is 0 Å². The van der Waals surface area contributed by atoms with E-state index in [2.05, 4.69) is 46.4 Å². The lowest BCUT2D eigenvalue weighted by Gasteiger charge is -2.58. The van der Waals surface area contributed by atoms with Gasteiger partial charge in [0, 0.05) is 18.1 Å². The van der Waals surface area contributed by atoms with Crippen molar-refractivity contribution in [2.75, 3.05) is 6.54 Å². The van der Waals surface area contributed by atoms with Gasteiger partial charge >= 0.3 is 0 Å². The topological polar surface area (TPSA) is 3.24 Å². The summed E-state index contributed by atoms with van der Waals surface area (Å²) in [7, 11) is 0. The van der Waals surface area contributed by atoms with E-state index in [1.165, 1.54) is 38.6 Å². The Kier molecular flexibility index (Phi) is 3.14. The Bertz CT molecular complexity index is 275. The molecule has 1 heterocycles. The number of piperidine rings is 1. The van der Waals surface area contributed by atoms with Crippen LogP contribution < -0.4 is 0 Å². The normalized spacial score (nSPS) is 30.4. The molecule has 1 nitrogen and oxygen atoms in total. The van der Waals surface area contributed by atoms with Gasteiger partial charge in [0.1, 0.15) is 0 Å². The summed E-state index contributed by atoms with van der Waals surface area (Å²) in [6.45, 7) is 15.8. The smallest absolute Gasteiger partial charge is 0.0149 e. The minimum atomic E-state index is 0.320. The molecule has 1 aliphatic carbocycles. The van der Waals surface area contributed by atoms with Crippen LogP contribution in [0.1, 0.15) is 73.6 Å². The molecule has 2 aliphatic rings. The highest BCUT2D eigenvalue weighted by Gasteiger charge is 2.48. The standard InChI is InChI=1S/C16H31N/c1-14(2,3)13-8-11-16(9-7-10-16)12-17(13)15(4,5)6/h13H,7-12H2,1-6H3. The van der Waals surface area contributed by atoms with Crippen LogP contribution >= 0.6 is 0 Å². The third-order valence-electron chi connectivity index (χ3n) is 5.11. The van der Waals surface area contributed by atoms with Crippen LogP contribution in [0.3, 0.4) is 0 Å². The van der Waals surface area contributed by atoms with Gasteiger partial charge < -0.3 is 0 Å². The summed E-state index contributed by atoms with van der Waals surface area (Å²) in [6, 6.07) is 0.758. The van der Waals surface area contributed by atoms with Crippen LogP contribution in [0.2, 0.25) is 0 Å². The van der Waals surface area contributed by atoms with E-state index >= 15 is 0 Å². The van der Waals surface area contributed by atoms with Crippen molar-refractivity contribution in [1.82, 2.24) is 4.90 Å². The summed E-state index contributed by atoms with van der Waals surface area (Å²) in [5.74, 6) is 0. The molecule has 1 aliphatic heterocycles. The van der Waals surface area contributed by atoms with Gasteiger partial charge in [-0.3, -0.25) is 4.90 Å². The predicted molar refractivity (Wildman–Crippen MR) is 75.2 cm³/mol. The van der Waals surface area contributed by atoms with Crippen molar-refractivity contribution in [3.05, 3.63) is 0 Å². The summed E-state index contributed by atoms with van der Waals surface area (Å²) in [5, 5.41) is 0. The maximum atomic E-state index is 2.82. The first-order valence-corrected chi connectivity index (χ1v) is 7.41. The van der Waals surface area contributed by atoms with Crippen LogP contribution in [0.4, 0.5) is 0 Å². The fourth-order valence-electron chi connectivity index (χ4n) is 3.84. The molecule has 1 unspecified atom stereocenters. The van der Waals surface area contributed by atoms with Crippen molar-refractivity contribution >= 4 is 0 Å². The lowest BCUT2D eigenvalue weighted by Crippen LogP contribution is -2.61. The van der Waals surface area contributed by atoms with Crippen LogP contribution in [-0.2, 0) is 0 Å². The van der Waals surface area contributed by atoms with E-state index in [0.717, 1.165) is 6.04 Å². The molecule has 1 saturated carbocycles. The summed E-state index contributed by atoms with van der Waals surface area (Å²) < 4.78 is 0. The number of hydrogen-bond acceptors (Lipinski definition) is 1. The number of hydrogen-bond donors (Lipinski definition) is 0. The molecule has 1 atom stereocenters. The molecular formula is C16H31N. The van der Waals surface area contributed by atoms with Crippen molar-refractivity contribution in [2.24, 2.45) is 10.8 Å². The van der Waals surface area contributed by atoms with Crippen LogP contribution in [0.15, 0.2) is 0 Å². The highest BCUT2D eigenvalue weighted by atomic mass is 15.2. The van der Waals surface area contributed by atoms with Gasteiger partial charge in [0.15, 0.2) is 0 Å².